The number of ether oxygens (including phenoxy) is 1. The average Bonchev–Trinajstić information content (AvgIpc) is 3.28. The lowest BCUT2D eigenvalue weighted by Gasteiger charge is -2.34. The maximum absolute atomic E-state index is 14.8. The van der Waals surface area contributed by atoms with Crippen molar-refractivity contribution in [1.29, 1.82) is 0 Å². The second kappa shape index (κ2) is 11.2. The van der Waals surface area contributed by atoms with Crippen LogP contribution in [0.4, 0.5) is 4.39 Å². The van der Waals surface area contributed by atoms with Crippen LogP contribution >= 0.6 is 0 Å². The van der Waals surface area contributed by atoms with Crippen LogP contribution < -0.4 is 0 Å². The van der Waals surface area contributed by atoms with E-state index in [1.807, 2.05) is 6.07 Å². The third-order valence-corrected chi connectivity index (χ3v) is 6.25. The number of ketones is 1. The molecular weight excluding hydrogens is 465 g/mol. The number of benzene rings is 2. The van der Waals surface area contributed by atoms with Crippen LogP contribution in [-0.4, -0.2) is 70.7 Å². The number of rotatable bonds is 8. The Kier molecular flexibility index (Phi) is 7.77. The fourth-order valence-corrected chi connectivity index (χ4v) is 4.43. The molecule has 3 aromatic rings. The summed E-state index contributed by atoms with van der Waals surface area (Å²) in [6.07, 6.45) is 2.11. The molecule has 0 N–H and O–H groups in total. The number of halogens is 1. The number of fused-ring (bicyclic) bond motifs is 1. The molecule has 4 rings (SSSR count). The van der Waals surface area contributed by atoms with Crippen LogP contribution in [0.25, 0.3) is 10.9 Å². The molecule has 188 valence electrons. The van der Waals surface area contributed by atoms with Gasteiger partial charge in [-0.2, -0.15) is 0 Å². The van der Waals surface area contributed by atoms with Crippen molar-refractivity contribution in [1.82, 2.24) is 14.4 Å². The normalized spacial score (nSPS) is 13.6. The number of esters is 1. The summed E-state index contributed by atoms with van der Waals surface area (Å²) in [5.41, 5.74) is 1.04. The summed E-state index contributed by atoms with van der Waals surface area (Å²) in [6.45, 7) is 3.42. The highest BCUT2D eigenvalue weighted by Crippen LogP contribution is 2.26. The molecular formula is C27H28FN3O5. The molecule has 0 spiro atoms. The van der Waals surface area contributed by atoms with Crippen LogP contribution in [0, 0.1) is 5.82 Å². The summed E-state index contributed by atoms with van der Waals surface area (Å²) < 4.78 is 21.4. The van der Waals surface area contributed by atoms with Gasteiger partial charge in [-0.1, -0.05) is 24.3 Å². The van der Waals surface area contributed by atoms with E-state index in [4.69, 9.17) is 4.74 Å². The molecule has 1 saturated heterocycles. The number of hydrogen-bond acceptors (Lipinski definition) is 5. The molecule has 2 aromatic carbocycles. The summed E-state index contributed by atoms with van der Waals surface area (Å²) >= 11 is 0. The number of amides is 2. The van der Waals surface area contributed by atoms with E-state index in [9.17, 15) is 23.6 Å². The van der Waals surface area contributed by atoms with E-state index in [1.165, 1.54) is 17.2 Å². The lowest BCUT2D eigenvalue weighted by Crippen LogP contribution is -2.52. The highest BCUT2D eigenvalue weighted by Gasteiger charge is 2.31. The Morgan fingerprint density at radius 3 is 2.31 bits per heavy atom. The molecule has 1 fully saturated rings. The first-order chi connectivity index (χ1) is 17.4. The monoisotopic (exact) mass is 493 g/mol. The van der Waals surface area contributed by atoms with E-state index < -0.39 is 17.5 Å². The quantitative estimate of drug-likeness (QED) is 0.273. The van der Waals surface area contributed by atoms with Gasteiger partial charge in [0.2, 0.25) is 0 Å². The Labute approximate surface area is 208 Å². The molecule has 0 radical (unpaired) electrons. The molecule has 0 saturated carbocycles. The van der Waals surface area contributed by atoms with Crippen molar-refractivity contribution in [2.45, 2.75) is 26.3 Å². The van der Waals surface area contributed by atoms with Gasteiger partial charge in [-0.15, -0.1) is 0 Å². The number of piperazine rings is 1. The van der Waals surface area contributed by atoms with Gasteiger partial charge in [0.1, 0.15) is 5.82 Å². The SMILES string of the molecule is CCOC(=O)CCCn1cc(C(=O)C(=O)N2CCN(C(=O)c3ccccc3)CC2)c2c(F)cccc21. The molecule has 9 heteroatoms. The molecule has 2 amide bonds. The number of carbonyl (C=O) groups excluding carboxylic acids is 4. The van der Waals surface area contributed by atoms with E-state index in [1.54, 1.807) is 52.8 Å². The minimum absolute atomic E-state index is 0.00738. The van der Waals surface area contributed by atoms with Gasteiger partial charge in [-0.05, 0) is 37.6 Å². The fourth-order valence-electron chi connectivity index (χ4n) is 4.43. The molecule has 8 nitrogen and oxygen atoms in total. The van der Waals surface area contributed by atoms with Crippen molar-refractivity contribution in [3.05, 3.63) is 71.7 Å². The van der Waals surface area contributed by atoms with Crippen molar-refractivity contribution in [3.63, 3.8) is 0 Å². The predicted octanol–water partition coefficient (Wildman–Crippen LogP) is 3.29. The zero-order chi connectivity index (χ0) is 25.7. The highest BCUT2D eigenvalue weighted by atomic mass is 19.1. The van der Waals surface area contributed by atoms with E-state index in [-0.39, 0.29) is 42.3 Å². The van der Waals surface area contributed by atoms with Gasteiger partial charge in [0.15, 0.2) is 0 Å². The molecule has 0 aliphatic carbocycles. The standard InChI is InChI=1S/C27H28FN3O5/c1-2-36-23(32)12-7-13-31-18-20(24-21(28)10-6-11-22(24)31)25(33)27(35)30-16-14-29(15-17-30)26(34)19-8-4-3-5-9-19/h3-6,8-11,18H,2,7,12-17H2,1H3. The Hall–Kier alpha value is -4.01. The van der Waals surface area contributed by atoms with Crippen molar-refractivity contribution in [2.75, 3.05) is 32.8 Å². The van der Waals surface area contributed by atoms with Crippen molar-refractivity contribution in [2.24, 2.45) is 0 Å². The maximum atomic E-state index is 14.8. The van der Waals surface area contributed by atoms with Gasteiger partial charge in [0.05, 0.1) is 17.7 Å². The van der Waals surface area contributed by atoms with Crippen molar-refractivity contribution >= 4 is 34.5 Å². The second-order valence-electron chi connectivity index (χ2n) is 8.56. The Bertz CT molecular complexity index is 1280. The Morgan fingerprint density at radius 1 is 0.917 bits per heavy atom. The smallest absolute Gasteiger partial charge is 0.305 e. The zero-order valence-corrected chi connectivity index (χ0v) is 20.1. The molecule has 2 heterocycles. The van der Waals surface area contributed by atoms with Crippen LogP contribution in [0.15, 0.2) is 54.7 Å². The number of carbonyl (C=O) groups is 4. The minimum atomic E-state index is -0.794. The van der Waals surface area contributed by atoms with Crippen LogP contribution in [0.5, 0.6) is 0 Å². The summed E-state index contributed by atoms with van der Waals surface area (Å²) in [6, 6.07) is 13.4. The Morgan fingerprint density at radius 2 is 1.61 bits per heavy atom. The van der Waals surface area contributed by atoms with Gasteiger partial charge in [-0.3, -0.25) is 19.2 Å². The second-order valence-corrected chi connectivity index (χ2v) is 8.56. The number of aromatic nitrogens is 1. The van der Waals surface area contributed by atoms with Gasteiger partial charge in [0, 0.05) is 56.3 Å². The number of hydrogen-bond donors (Lipinski definition) is 0. The van der Waals surface area contributed by atoms with Gasteiger partial charge < -0.3 is 19.1 Å². The van der Waals surface area contributed by atoms with Gasteiger partial charge in [-0.25, -0.2) is 4.39 Å². The Balaban J connectivity index is 1.46. The molecule has 0 bridgehead atoms. The average molecular weight is 494 g/mol. The van der Waals surface area contributed by atoms with Crippen LogP contribution in [0.2, 0.25) is 0 Å². The maximum Gasteiger partial charge on any atom is 0.305 e. The zero-order valence-electron chi connectivity index (χ0n) is 20.1. The third-order valence-electron chi connectivity index (χ3n) is 6.25. The molecule has 0 atom stereocenters. The highest BCUT2D eigenvalue weighted by molar-refractivity contribution is 6.45. The molecule has 1 aromatic heterocycles. The number of Topliss-reactive ketones (excluding diaryl/α,β-unsaturated/α-hetero) is 1. The topological polar surface area (TPSA) is 88.9 Å². The van der Waals surface area contributed by atoms with E-state index in [0.29, 0.717) is 43.7 Å². The summed E-state index contributed by atoms with van der Waals surface area (Å²) in [7, 11) is 0. The van der Waals surface area contributed by atoms with Crippen molar-refractivity contribution in [3.8, 4) is 0 Å². The van der Waals surface area contributed by atoms with Crippen LogP contribution in [0.1, 0.15) is 40.5 Å². The molecule has 1 aliphatic rings. The molecule has 0 unspecified atom stereocenters. The fraction of sp³-hybridized carbons (Fsp3) is 0.333. The van der Waals surface area contributed by atoms with E-state index in [0.717, 1.165) is 0 Å². The lowest BCUT2D eigenvalue weighted by atomic mass is 10.1. The summed E-state index contributed by atoms with van der Waals surface area (Å²) in [5, 5.41) is 0.0878. The van der Waals surface area contributed by atoms with Crippen molar-refractivity contribution < 1.29 is 28.3 Å². The molecule has 36 heavy (non-hydrogen) atoms. The van der Waals surface area contributed by atoms with E-state index >= 15 is 0 Å². The first-order valence-corrected chi connectivity index (χ1v) is 12.0. The summed E-state index contributed by atoms with van der Waals surface area (Å²) in [4.78, 5) is 53.6. The van der Waals surface area contributed by atoms with E-state index in [2.05, 4.69) is 0 Å². The summed E-state index contributed by atoms with van der Waals surface area (Å²) in [5.74, 6) is -2.56. The first-order valence-electron chi connectivity index (χ1n) is 12.0. The lowest BCUT2D eigenvalue weighted by molar-refractivity contribution is -0.143. The van der Waals surface area contributed by atoms with Crippen LogP contribution in [-0.2, 0) is 20.9 Å². The van der Waals surface area contributed by atoms with Gasteiger partial charge >= 0.3 is 5.97 Å². The predicted molar refractivity (Wildman–Crippen MR) is 131 cm³/mol. The largest absolute Gasteiger partial charge is 0.466 e. The van der Waals surface area contributed by atoms with Gasteiger partial charge in [0.25, 0.3) is 17.6 Å². The van der Waals surface area contributed by atoms with Crippen LogP contribution in [0.3, 0.4) is 0 Å². The molecule has 1 aliphatic heterocycles. The third kappa shape index (κ3) is 5.30. The number of aryl methyl sites for hydroxylation is 1. The first kappa shape index (κ1) is 25.1. The minimum Gasteiger partial charge on any atom is -0.466 e. The number of nitrogens with zero attached hydrogens (tertiary/aromatic N) is 3.